The van der Waals surface area contributed by atoms with Crippen molar-refractivity contribution in [3.8, 4) is 0 Å². The number of allylic oxidation sites excluding steroid dienone is 1. The second-order valence-electron chi connectivity index (χ2n) is 2.80. The van der Waals surface area contributed by atoms with Crippen molar-refractivity contribution in [2.45, 2.75) is 19.3 Å². The summed E-state index contributed by atoms with van der Waals surface area (Å²) in [4.78, 5) is 10.6. The van der Waals surface area contributed by atoms with E-state index in [9.17, 15) is 4.79 Å². The fourth-order valence-corrected chi connectivity index (χ4v) is 1.42. The number of carboxylic acid groups (broad SMARTS) is 1. The zero-order chi connectivity index (χ0) is 8.27. The maximum Gasteiger partial charge on any atom is 0.311 e. The van der Waals surface area contributed by atoms with Crippen molar-refractivity contribution in [2.75, 3.05) is 6.54 Å². The van der Waals surface area contributed by atoms with Gasteiger partial charge in [-0.2, -0.15) is 0 Å². The molecule has 0 fully saturated rings. The Morgan fingerprint density at radius 3 is 2.91 bits per heavy atom. The van der Waals surface area contributed by atoms with E-state index in [1.54, 1.807) is 0 Å². The average molecular weight is 155 g/mol. The number of carboxylic acids is 1. The molecule has 1 aliphatic rings. The van der Waals surface area contributed by atoms with Gasteiger partial charge < -0.3 is 10.8 Å². The van der Waals surface area contributed by atoms with Gasteiger partial charge >= 0.3 is 5.97 Å². The lowest BCUT2D eigenvalue weighted by Crippen LogP contribution is -2.24. The number of rotatable bonds is 3. The maximum absolute atomic E-state index is 10.6. The summed E-state index contributed by atoms with van der Waals surface area (Å²) in [7, 11) is 0. The largest absolute Gasteiger partial charge is 0.481 e. The van der Waals surface area contributed by atoms with E-state index in [0.717, 1.165) is 24.8 Å². The Hall–Kier alpha value is -0.830. The molecule has 0 aliphatic heterocycles. The third-order valence-corrected chi connectivity index (χ3v) is 2.06. The zero-order valence-corrected chi connectivity index (χ0v) is 6.42. The number of hydrogen-bond donors (Lipinski definition) is 2. The highest BCUT2D eigenvalue weighted by molar-refractivity contribution is 5.74. The Bertz CT molecular complexity index is 187. The summed E-state index contributed by atoms with van der Waals surface area (Å²) in [5.74, 6) is -1.22. The fraction of sp³-hybridized carbons (Fsp3) is 0.625. The highest BCUT2D eigenvalue weighted by Crippen LogP contribution is 2.24. The molecule has 1 aliphatic carbocycles. The highest BCUT2D eigenvalue weighted by Gasteiger charge is 2.21. The number of aliphatic carboxylic acids is 1. The number of carbonyl (C=O) groups is 1. The van der Waals surface area contributed by atoms with Crippen molar-refractivity contribution < 1.29 is 9.90 Å². The Labute approximate surface area is 65.9 Å². The molecule has 0 aromatic rings. The second-order valence-corrected chi connectivity index (χ2v) is 2.80. The summed E-state index contributed by atoms with van der Waals surface area (Å²) in [6, 6.07) is 0. The van der Waals surface area contributed by atoms with Gasteiger partial charge in [0.15, 0.2) is 0 Å². The summed E-state index contributed by atoms with van der Waals surface area (Å²) < 4.78 is 0. The molecule has 11 heavy (non-hydrogen) atoms. The van der Waals surface area contributed by atoms with Gasteiger partial charge in [0, 0.05) is 6.54 Å². The maximum atomic E-state index is 10.6. The van der Waals surface area contributed by atoms with Crippen LogP contribution in [0.25, 0.3) is 0 Å². The molecule has 0 bridgehead atoms. The topological polar surface area (TPSA) is 63.3 Å². The quantitative estimate of drug-likeness (QED) is 0.591. The van der Waals surface area contributed by atoms with Crippen LogP contribution in [0.5, 0.6) is 0 Å². The van der Waals surface area contributed by atoms with Crippen LogP contribution < -0.4 is 5.73 Å². The van der Waals surface area contributed by atoms with Gasteiger partial charge in [-0.25, -0.2) is 0 Å². The van der Waals surface area contributed by atoms with Crippen LogP contribution in [0.1, 0.15) is 19.3 Å². The smallest absolute Gasteiger partial charge is 0.311 e. The van der Waals surface area contributed by atoms with Crippen LogP contribution in [-0.2, 0) is 4.79 Å². The Morgan fingerprint density at radius 2 is 2.55 bits per heavy atom. The van der Waals surface area contributed by atoms with Crippen molar-refractivity contribution >= 4 is 5.97 Å². The predicted octanol–water partition coefficient (Wildman–Crippen LogP) is 0.756. The predicted molar refractivity (Wildman–Crippen MR) is 42.1 cm³/mol. The van der Waals surface area contributed by atoms with Gasteiger partial charge in [-0.3, -0.25) is 4.79 Å². The first-order valence-electron chi connectivity index (χ1n) is 3.87. The highest BCUT2D eigenvalue weighted by atomic mass is 16.4. The summed E-state index contributed by atoms with van der Waals surface area (Å²) in [6.45, 7) is 0.223. The van der Waals surface area contributed by atoms with Crippen LogP contribution >= 0.6 is 0 Å². The van der Waals surface area contributed by atoms with Crippen molar-refractivity contribution in [3.05, 3.63) is 11.6 Å². The van der Waals surface area contributed by atoms with Crippen LogP contribution in [0.2, 0.25) is 0 Å². The van der Waals surface area contributed by atoms with Gasteiger partial charge in [-0.1, -0.05) is 11.6 Å². The summed E-state index contributed by atoms with van der Waals surface area (Å²) >= 11 is 0. The van der Waals surface area contributed by atoms with Crippen molar-refractivity contribution in [1.82, 2.24) is 0 Å². The van der Waals surface area contributed by atoms with Gasteiger partial charge in [0.1, 0.15) is 0 Å². The molecule has 1 atom stereocenters. The van der Waals surface area contributed by atoms with E-state index in [1.807, 2.05) is 6.08 Å². The van der Waals surface area contributed by atoms with Crippen LogP contribution in [0, 0.1) is 5.92 Å². The van der Waals surface area contributed by atoms with Crippen LogP contribution in [-0.4, -0.2) is 17.6 Å². The standard InChI is InChI=1S/C8H13NO2/c9-5-7(8(10)11)6-3-1-2-4-6/h3,7H,1-2,4-5,9H2,(H,10,11). The molecule has 0 heterocycles. The second kappa shape index (κ2) is 3.53. The number of hydrogen-bond acceptors (Lipinski definition) is 2. The monoisotopic (exact) mass is 155 g/mol. The molecular weight excluding hydrogens is 142 g/mol. The average Bonchev–Trinajstić information content (AvgIpc) is 2.40. The van der Waals surface area contributed by atoms with E-state index in [1.165, 1.54) is 0 Å². The van der Waals surface area contributed by atoms with Crippen LogP contribution in [0.3, 0.4) is 0 Å². The minimum atomic E-state index is -0.791. The van der Waals surface area contributed by atoms with E-state index in [0.29, 0.717) is 0 Å². The lowest BCUT2D eigenvalue weighted by atomic mass is 9.99. The normalized spacial score (nSPS) is 19.5. The Balaban J connectivity index is 2.61. The molecule has 0 radical (unpaired) electrons. The third-order valence-electron chi connectivity index (χ3n) is 2.06. The first-order chi connectivity index (χ1) is 5.25. The molecule has 3 heteroatoms. The summed E-state index contributed by atoms with van der Waals surface area (Å²) in [6.07, 6.45) is 5.01. The zero-order valence-electron chi connectivity index (χ0n) is 6.42. The molecule has 0 saturated carbocycles. The summed E-state index contributed by atoms with van der Waals surface area (Å²) in [5, 5.41) is 8.71. The minimum Gasteiger partial charge on any atom is -0.481 e. The third kappa shape index (κ3) is 1.80. The van der Waals surface area contributed by atoms with Crippen LogP contribution in [0.4, 0.5) is 0 Å². The molecule has 0 aromatic heterocycles. The van der Waals surface area contributed by atoms with Crippen molar-refractivity contribution in [2.24, 2.45) is 11.7 Å². The van der Waals surface area contributed by atoms with Gasteiger partial charge in [0.05, 0.1) is 5.92 Å². The van der Waals surface area contributed by atoms with E-state index in [-0.39, 0.29) is 6.54 Å². The molecule has 3 nitrogen and oxygen atoms in total. The number of nitrogens with two attached hydrogens (primary N) is 1. The van der Waals surface area contributed by atoms with Crippen LogP contribution in [0.15, 0.2) is 11.6 Å². The molecule has 0 aromatic carbocycles. The summed E-state index contributed by atoms with van der Waals surface area (Å²) in [5.41, 5.74) is 6.35. The fourth-order valence-electron chi connectivity index (χ4n) is 1.42. The SMILES string of the molecule is NCC(C(=O)O)C1=CCCC1. The van der Waals surface area contributed by atoms with Gasteiger partial charge in [0.25, 0.3) is 0 Å². The van der Waals surface area contributed by atoms with Gasteiger partial charge in [-0.05, 0) is 19.3 Å². The molecule has 0 amide bonds. The van der Waals surface area contributed by atoms with E-state index in [2.05, 4.69) is 0 Å². The Morgan fingerprint density at radius 1 is 1.82 bits per heavy atom. The molecule has 1 unspecified atom stereocenters. The molecule has 1 rings (SSSR count). The molecule has 0 saturated heterocycles. The van der Waals surface area contributed by atoms with Crippen molar-refractivity contribution in [1.29, 1.82) is 0 Å². The van der Waals surface area contributed by atoms with E-state index < -0.39 is 11.9 Å². The lowest BCUT2D eigenvalue weighted by Gasteiger charge is -2.09. The minimum absolute atomic E-state index is 0.223. The Kier molecular flexibility index (Phi) is 2.65. The molecule has 62 valence electrons. The molecular formula is C8H13NO2. The lowest BCUT2D eigenvalue weighted by molar-refractivity contribution is -0.140. The van der Waals surface area contributed by atoms with E-state index in [4.69, 9.17) is 10.8 Å². The van der Waals surface area contributed by atoms with Gasteiger partial charge in [-0.15, -0.1) is 0 Å². The molecule has 3 N–H and O–H groups in total. The van der Waals surface area contributed by atoms with Crippen molar-refractivity contribution in [3.63, 3.8) is 0 Å². The first-order valence-corrected chi connectivity index (χ1v) is 3.87. The van der Waals surface area contributed by atoms with E-state index >= 15 is 0 Å². The molecule has 0 spiro atoms. The first kappa shape index (κ1) is 8.27. The van der Waals surface area contributed by atoms with Gasteiger partial charge in [0.2, 0.25) is 0 Å².